The first kappa shape index (κ1) is 17.8. The van der Waals surface area contributed by atoms with Crippen LogP contribution in [-0.2, 0) is 6.42 Å². The summed E-state index contributed by atoms with van der Waals surface area (Å²) in [6.45, 7) is 5.62. The van der Waals surface area contributed by atoms with Crippen molar-refractivity contribution in [1.29, 1.82) is 0 Å². The van der Waals surface area contributed by atoms with E-state index in [9.17, 15) is 8.78 Å². The molecule has 7 heteroatoms. The SMILES string of the molecule is CCc1ccc2c(c1Cl)C(c1c(F)cccc1F)=N[C@@H](C)c1nnc(C)n1-2. The fraction of sp³-hybridized carbons (Fsp3) is 0.250. The van der Waals surface area contributed by atoms with Crippen molar-refractivity contribution in [3.8, 4) is 5.69 Å². The zero-order chi connectivity index (χ0) is 19.3. The Kier molecular flexibility index (Phi) is 4.30. The molecule has 138 valence electrons. The Labute approximate surface area is 160 Å². The van der Waals surface area contributed by atoms with Gasteiger partial charge in [-0.05, 0) is 44.0 Å². The maximum atomic E-state index is 14.6. The molecule has 0 radical (unpaired) electrons. The van der Waals surface area contributed by atoms with E-state index in [1.807, 2.05) is 37.5 Å². The molecular weight excluding hydrogens is 370 g/mol. The Hall–Kier alpha value is -2.60. The minimum atomic E-state index is -0.681. The highest BCUT2D eigenvalue weighted by Gasteiger charge is 2.30. The van der Waals surface area contributed by atoms with Gasteiger partial charge in [0.2, 0.25) is 0 Å². The lowest BCUT2D eigenvalue weighted by Gasteiger charge is -2.17. The summed E-state index contributed by atoms with van der Waals surface area (Å²) in [4.78, 5) is 4.63. The van der Waals surface area contributed by atoms with Gasteiger partial charge in [-0.25, -0.2) is 8.78 Å². The zero-order valence-corrected chi connectivity index (χ0v) is 15.8. The van der Waals surface area contributed by atoms with E-state index in [2.05, 4.69) is 15.2 Å². The molecule has 4 nitrogen and oxygen atoms in total. The van der Waals surface area contributed by atoms with Crippen LogP contribution in [-0.4, -0.2) is 20.5 Å². The second-order valence-electron chi connectivity index (χ2n) is 6.48. The molecule has 27 heavy (non-hydrogen) atoms. The zero-order valence-electron chi connectivity index (χ0n) is 15.1. The maximum Gasteiger partial charge on any atom is 0.162 e. The number of aromatic nitrogens is 3. The Morgan fingerprint density at radius 3 is 2.44 bits per heavy atom. The summed E-state index contributed by atoms with van der Waals surface area (Å²) in [5, 5.41) is 8.80. The van der Waals surface area contributed by atoms with Gasteiger partial charge in [-0.1, -0.05) is 30.7 Å². The Bertz CT molecular complexity index is 1070. The molecule has 1 atom stereocenters. The van der Waals surface area contributed by atoms with Crippen molar-refractivity contribution < 1.29 is 8.78 Å². The molecular formula is C20H17ClF2N4. The van der Waals surface area contributed by atoms with Gasteiger partial charge in [-0.3, -0.25) is 9.56 Å². The second kappa shape index (κ2) is 6.53. The van der Waals surface area contributed by atoms with Crippen molar-refractivity contribution in [3.63, 3.8) is 0 Å². The number of aryl methyl sites for hydroxylation is 2. The number of fused-ring (bicyclic) bond motifs is 3. The van der Waals surface area contributed by atoms with Crippen LogP contribution in [0.25, 0.3) is 5.69 Å². The normalized spacial score (nSPS) is 15.8. The predicted molar refractivity (Wildman–Crippen MR) is 101 cm³/mol. The molecule has 0 aliphatic carbocycles. The van der Waals surface area contributed by atoms with Crippen LogP contribution in [0.2, 0.25) is 5.02 Å². The molecule has 0 bridgehead atoms. The summed E-state index contributed by atoms with van der Waals surface area (Å²) in [6, 6.07) is 7.12. The molecule has 1 aromatic heterocycles. The van der Waals surface area contributed by atoms with E-state index in [0.717, 1.165) is 5.56 Å². The van der Waals surface area contributed by atoms with Crippen LogP contribution in [0, 0.1) is 18.6 Å². The number of halogens is 3. The number of rotatable bonds is 2. The Morgan fingerprint density at radius 1 is 1.07 bits per heavy atom. The van der Waals surface area contributed by atoms with E-state index in [1.54, 1.807) is 0 Å². The first-order valence-corrected chi connectivity index (χ1v) is 9.08. The quantitative estimate of drug-likeness (QED) is 0.623. The average Bonchev–Trinajstić information content (AvgIpc) is 2.96. The van der Waals surface area contributed by atoms with Crippen molar-refractivity contribution in [2.45, 2.75) is 33.2 Å². The molecule has 0 saturated carbocycles. The van der Waals surface area contributed by atoms with Crippen molar-refractivity contribution in [2.24, 2.45) is 4.99 Å². The van der Waals surface area contributed by atoms with Crippen LogP contribution in [0.1, 0.15) is 48.2 Å². The third kappa shape index (κ3) is 2.67. The molecule has 1 aliphatic heterocycles. The van der Waals surface area contributed by atoms with E-state index in [-0.39, 0.29) is 11.3 Å². The summed E-state index contributed by atoms with van der Waals surface area (Å²) in [7, 11) is 0. The van der Waals surface area contributed by atoms with Gasteiger partial charge in [-0.2, -0.15) is 0 Å². The largest absolute Gasteiger partial charge is 0.281 e. The fourth-order valence-corrected chi connectivity index (χ4v) is 3.85. The molecule has 3 aromatic rings. The monoisotopic (exact) mass is 386 g/mol. The van der Waals surface area contributed by atoms with E-state index >= 15 is 0 Å². The molecule has 0 amide bonds. The molecule has 0 N–H and O–H groups in total. The van der Waals surface area contributed by atoms with Crippen LogP contribution in [0.15, 0.2) is 35.3 Å². The van der Waals surface area contributed by atoms with Crippen LogP contribution >= 0.6 is 11.6 Å². The maximum absolute atomic E-state index is 14.6. The summed E-state index contributed by atoms with van der Waals surface area (Å²) in [6.07, 6.45) is 0.683. The van der Waals surface area contributed by atoms with Crippen molar-refractivity contribution in [1.82, 2.24) is 14.8 Å². The van der Waals surface area contributed by atoms with E-state index in [1.165, 1.54) is 18.2 Å². The Balaban J connectivity index is 2.14. The van der Waals surface area contributed by atoms with Crippen molar-refractivity contribution >= 4 is 17.3 Å². The highest BCUT2D eigenvalue weighted by Crippen LogP contribution is 2.37. The highest BCUT2D eigenvalue weighted by atomic mass is 35.5. The second-order valence-corrected chi connectivity index (χ2v) is 6.86. The minimum absolute atomic E-state index is 0.183. The summed E-state index contributed by atoms with van der Waals surface area (Å²) in [5.41, 5.74) is 2.05. The first-order chi connectivity index (χ1) is 12.9. The van der Waals surface area contributed by atoms with Crippen LogP contribution in [0.3, 0.4) is 0 Å². The number of hydrogen-bond donors (Lipinski definition) is 0. The summed E-state index contributed by atoms with van der Waals surface area (Å²) < 4.78 is 31.1. The van der Waals surface area contributed by atoms with Gasteiger partial charge >= 0.3 is 0 Å². The van der Waals surface area contributed by atoms with Gasteiger partial charge in [-0.15, -0.1) is 10.2 Å². The highest BCUT2D eigenvalue weighted by molar-refractivity contribution is 6.37. The number of benzene rings is 2. The third-order valence-corrected chi connectivity index (χ3v) is 5.24. The smallest absolute Gasteiger partial charge is 0.162 e. The fourth-order valence-electron chi connectivity index (χ4n) is 3.47. The number of nitrogens with zero attached hydrogens (tertiary/aromatic N) is 4. The first-order valence-electron chi connectivity index (χ1n) is 8.70. The van der Waals surface area contributed by atoms with E-state index in [4.69, 9.17) is 11.6 Å². The van der Waals surface area contributed by atoms with Gasteiger partial charge in [0.25, 0.3) is 0 Å². The minimum Gasteiger partial charge on any atom is -0.281 e. The lowest BCUT2D eigenvalue weighted by molar-refractivity contribution is 0.578. The Morgan fingerprint density at radius 2 is 1.78 bits per heavy atom. The van der Waals surface area contributed by atoms with Gasteiger partial charge < -0.3 is 0 Å². The average molecular weight is 387 g/mol. The summed E-state index contributed by atoms with van der Waals surface area (Å²) in [5.74, 6) is -0.108. The molecule has 0 saturated heterocycles. The van der Waals surface area contributed by atoms with Crippen LogP contribution < -0.4 is 0 Å². The molecule has 0 unspecified atom stereocenters. The van der Waals surface area contributed by atoms with Crippen molar-refractivity contribution in [3.05, 3.63) is 75.3 Å². The lowest BCUT2D eigenvalue weighted by Crippen LogP contribution is -2.13. The lowest BCUT2D eigenvalue weighted by atomic mass is 9.96. The van der Waals surface area contributed by atoms with Gasteiger partial charge in [0, 0.05) is 5.56 Å². The molecule has 0 fully saturated rings. The molecule has 0 spiro atoms. The van der Waals surface area contributed by atoms with Gasteiger partial charge in [0.1, 0.15) is 23.5 Å². The molecule has 1 aliphatic rings. The predicted octanol–water partition coefficient (Wildman–Crippen LogP) is 4.98. The van der Waals surface area contributed by atoms with Crippen molar-refractivity contribution in [2.75, 3.05) is 0 Å². The molecule has 2 aromatic carbocycles. The number of hydrogen-bond acceptors (Lipinski definition) is 3. The van der Waals surface area contributed by atoms with E-state index < -0.39 is 17.7 Å². The van der Waals surface area contributed by atoms with Crippen LogP contribution in [0.5, 0.6) is 0 Å². The number of aliphatic imine (C=N–C) groups is 1. The van der Waals surface area contributed by atoms with Gasteiger partial charge in [0.05, 0.1) is 22.0 Å². The standard InChI is InChI=1S/C20H17ClF2N4/c1-4-12-8-9-15-17(18(12)21)19(16-13(22)6-5-7-14(16)23)24-10(2)20-26-25-11(3)27(15)20/h5-10H,4H2,1-3H3/t10-/m0/s1. The topological polar surface area (TPSA) is 43.1 Å². The molecule has 4 rings (SSSR count). The third-order valence-electron chi connectivity index (χ3n) is 4.80. The van der Waals surface area contributed by atoms with Crippen LogP contribution in [0.4, 0.5) is 8.78 Å². The van der Waals surface area contributed by atoms with E-state index in [0.29, 0.717) is 34.3 Å². The van der Waals surface area contributed by atoms with Gasteiger partial charge in [0.15, 0.2) is 5.82 Å². The summed E-state index contributed by atoms with van der Waals surface area (Å²) >= 11 is 6.70. The molecule has 2 heterocycles.